The van der Waals surface area contributed by atoms with Gasteiger partial charge in [-0.25, -0.2) is 14.1 Å². The van der Waals surface area contributed by atoms with E-state index in [1.807, 2.05) is 12.4 Å². The van der Waals surface area contributed by atoms with Crippen molar-refractivity contribution >= 4 is 0 Å². The van der Waals surface area contributed by atoms with E-state index in [0.29, 0.717) is 0 Å². The SMILES string of the molecule is Cc1cc(C)c(-n2cc[n+](Cc3cn(Cc4ccccc4)cn3)c2)c(C)c1. The lowest BCUT2D eigenvalue weighted by molar-refractivity contribution is -0.688. The Hall–Kier alpha value is -3.14. The van der Waals surface area contributed by atoms with E-state index >= 15 is 0 Å². The van der Waals surface area contributed by atoms with Gasteiger partial charge in [0.25, 0.3) is 0 Å². The van der Waals surface area contributed by atoms with Gasteiger partial charge in [-0.15, -0.1) is 0 Å². The molecule has 0 fully saturated rings. The van der Waals surface area contributed by atoms with Gasteiger partial charge < -0.3 is 4.57 Å². The van der Waals surface area contributed by atoms with Crippen LogP contribution >= 0.6 is 0 Å². The number of nitrogens with zero attached hydrogens (tertiary/aromatic N) is 4. The monoisotopic (exact) mass is 357 g/mol. The minimum Gasteiger partial charge on any atom is -0.333 e. The summed E-state index contributed by atoms with van der Waals surface area (Å²) in [4.78, 5) is 4.57. The van der Waals surface area contributed by atoms with Gasteiger partial charge in [-0.05, 0) is 37.5 Å². The molecule has 2 heterocycles. The molecule has 0 aliphatic rings. The van der Waals surface area contributed by atoms with E-state index in [4.69, 9.17) is 0 Å². The Morgan fingerprint density at radius 3 is 2.48 bits per heavy atom. The number of hydrogen-bond donors (Lipinski definition) is 0. The predicted molar refractivity (Wildman–Crippen MR) is 107 cm³/mol. The van der Waals surface area contributed by atoms with E-state index < -0.39 is 0 Å². The van der Waals surface area contributed by atoms with E-state index in [0.717, 1.165) is 18.8 Å². The van der Waals surface area contributed by atoms with Crippen molar-refractivity contribution in [2.24, 2.45) is 0 Å². The van der Waals surface area contributed by atoms with Crippen molar-refractivity contribution in [2.75, 3.05) is 0 Å². The molecule has 136 valence electrons. The summed E-state index contributed by atoms with van der Waals surface area (Å²) in [6, 6.07) is 14.9. The molecule has 0 atom stereocenters. The highest BCUT2D eigenvalue weighted by atomic mass is 15.1. The van der Waals surface area contributed by atoms with Crippen molar-refractivity contribution in [2.45, 2.75) is 33.9 Å². The highest BCUT2D eigenvalue weighted by molar-refractivity contribution is 5.48. The third kappa shape index (κ3) is 3.85. The molecule has 0 spiro atoms. The molecule has 0 amide bonds. The van der Waals surface area contributed by atoms with Crippen LogP contribution in [0, 0.1) is 20.8 Å². The van der Waals surface area contributed by atoms with Gasteiger partial charge in [0.1, 0.15) is 24.6 Å². The molecule has 0 N–H and O–H groups in total. The highest BCUT2D eigenvalue weighted by Gasteiger charge is 2.13. The molecular weight excluding hydrogens is 332 g/mol. The second kappa shape index (κ2) is 7.23. The van der Waals surface area contributed by atoms with Crippen molar-refractivity contribution in [3.8, 4) is 5.69 Å². The third-order valence-electron chi connectivity index (χ3n) is 4.82. The lowest BCUT2D eigenvalue weighted by Crippen LogP contribution is -2.31. The zero-order valence-corrected chi connectivity index (χ0v) is 16.1. The lowest BCUT2D eigenvalue weighted by Gasteiger charge is -2.06. The second-order valence-electron chi connectivity index (χ2n) is 7.26. The first-order valence-corrected chi connectivity index (χ1v) is 9.28. The van der Waals surface area contributed by atoms with Crippen LogP contribution in [-0.4, -0.2) is 14.1 Å². The van der Waals surface area contributed by atoms with Gasteiger partial charge in [-0.2, -0.15) is 0 Å². The van der Waals surface area contributed by atoms with E-state index in [-0.39, 0.29) is 0 Å². The number of rotatable bonds is 5. The lowest BCUT2D eigenvalue weighted by atomic mass is 10.1. The molecule has 0 saturated carbocycles. The summed E-state index contributed by atoms with van der Waals surface area (Å²) in [5.41, 5.74) is 7.49. The predicted octanol–water partition coefficient (Wildman–Crippen LogP) is 3.98. The zero-order chi connectivity index (χ0) is 18.8. The summed E-state index contributed by atoms with van der Waals surface area (Å²) in [6.45, 7) is 8.10. The fourth-order valence-electron chi connectivity index (χ4n) is 3.76. The molecule has 27 heavy (non-hydrogen) atoms. The van der Waals surface area contributed by atoms with Gasteiger partial charge >= 0.3 is 0 Å². The van der Waals surface area contributed by atoms with Crippen molar-refractivity contribution in [1.82, 2.24) is 14.1 Å². The van der Waals surface area contributed by atoms with E-state index in [2.05, 4.69) is 101 Å². The van der Waals surface area contributed by atoms with Gasteiger partial charge in [-0.1, -0.05) is 48.0 Å². The zero-order valence-electron chi connectivity index (χ0n) is 16.1. The molecule has 0 aliphatic heterocycles. The van der Waals surface area contributed by atoms with Gasteiger partial charge in [0.2, 0.25) is 6.33 Å². The van der Waals surface area contributed by atoms with E-state index in [9.17, 15) is 0 Å². The number of benzene rings is 2. The van der Waals surface area contributed by atoms with Gasteiger partial charge in [0.05, 0.1) is 12.0 Å². The molecule has 2 aromatic carbocycles. The molecular formula is C23H25N4+. The van der Waals surface area contributed by atoms with Gasteiger partial charge in [0.15, 0.2) is 0 Å². The minimum absolute atomic E-state index is 0.763. The molecule has 4 rings (SSSR count). The van der Waals surface area contributed by atoms with Crippen molar-refractivity contribution in [3.63, 3.8) is 0 Å². The van der Waals surface area contributed by atoms with Crippen LogP contribution < -0.4 is 4.57 Å². The van der Waals surface area contributed by atoms with Crippen LogP contribution in [0.25, 0.3) is 5.69 Å². The maximum absolute atomic E-state index is 4.57. The topological polar surface area (TPSA) is 26.6 Å². The first kappa shape index (κ1) is 17.3. The van der Waals surface area contributed by atoms with Crippen molar-refractivity contribution < 1.29 is 4.57 Å². The average molecular weight is 357 g/mol. The Kier molecular flexibility index (Phi) is 4.63. The summed E-state index contributed by atoms with van der Waals surface area (Å²) >= 11 is 0. The Morgan fingerprint density at radius 2 is 1.74 bits per heavy atom. The molecule has 4 aromatic rings. The molecule has 2 aromatic heterocycles. The first-order chi connectivity index (χ1) is 13.1. The Balaban J connectivity index is 1.51. The minimum atomic E-state index is 0.763. The normalized spacial score (nSPS) is 11.1. The quantitative estimate of drug-likeness (QED) is 0.496. The average Bonchev–Trinajstić information content (AvgIpc) is 3.25. The maximum atomic E-state index is 4.57. The number of imidazole rings is 2. The number of aryl methyl sites for hydroxylation is 3. The van der Waals surface area contributed by atoms with Crippen LogP contribution in [0.5, 0.6) is 0 Å². The molecule has 4 nitrogen and oxygen atoms in total. The van der Waals surface area contributed by atoms with Gasteiger partial charge in [-0.3, -0.25) is 0 Å². The molecule has 0 aliphatic carbocycles. The summed E-state index contributed by atoms with van der Waals surface area (Å²) in [7, 11) is 0. The van der Waals surface area contributed by atoms with E-state index in [1.54, 1.807) is 0 Å². The third-order valence-corrected chi connectivity index (χ3v) is 4.82. The van der Waals surface area contributed by atoms with Crippen LogP contribution in [0.2, 0.25) is 0 Å². The van der Waals surface area contributed by atoms with Gasteiger partial charge in [0, 0.05) is 12.7 Å². The number of aromatic nitrogens is 4. The fourth-order valence-corrected chi connectivity index (χ4v) is 3.76. The molecule has 0 bridgehead atoms. The summed E-state index contributed by atoms with van der Waals surface area (Å²) < 4.78 is 6.51. The summed E-state index contributed by atoms with van der Waals surface area (Å²) in [5, 5.41) is 0. The maximum Gasteiger partial charge on any atom is 0.249 e. The largest absolute Gasteiger partial charge is 0.333 e. The Morgan fingerprint density at radius 1 is 1.00 bits per heavy atom. The Bertz CT molecular complexity index is 1030. The Labute approximate surface area is 160 Å². The first-order valence-electron chi connectivity index (χ1n) is 9.28. The summed E-state index contributed by atoms with van der Waals surface area (Å²) in [6.07, 6.45) is 10.4. The van der Waals surface area contributed by atoms with Crippen molar-refractivity contribution in [1.29, 1.82) is 0 Å². The summed E-state index contributed by atoms with van der Waals surface area (Å²) in [5.74, 6) is 0. The van der Waals surface area contributed by atoms with Crippen LogP contribution in [0.3, 0.4) is 0 Å². The van der Waals surface area contributed by atoms with Crippen LogP contribution in [0.15, 0.2) is 73.7 Å². The van der Waals surface area contributed by atoms with Crippen LogP contribution in [0.1, 0.15) is 27.9 Å². The van der Waals surface area contributed by atoms with Crippen LogP contribution in [-0.2, 0) is 13.1 Å². The number of hydrogen-bond acceptors (Lipinski definition) is 1. The van der Waals surface area contributed by atoms with E-state index in [1.165, 1.54) is 27.9 Å². The smallest absolute Gasteiger partial charge is 0.249 e. The second-order valence-corrected chi connectivity index (χ2v) is 7.26. The molecule has 0 saturated heterocycles. The standard InChI is InChI=1S/C23H25N4/c1-18-11-19(2)23(20(3)12-18)27-10-9-25(17-27)14-22-15-26(16-24-22)13-21-7-5-4-6-8-21/h4-12,15-17H,13-14H2,1-3H3/q+1. The fraction of sp³-hybridized carbons (Fsp3) is 0.217. The van der Waals surface area contributed by atoms with Crippen LogP contribution in [0.4, 0.5) is 0 Å². The molecule has 0 unspecified atom stereocenters. The molecule has 4 heteroatoms. The van der Waals surface area contributed by atoms with Crippen molar-refractivity contribution in [3.05, 3.63) is 102 Å². The highest BCUT2D eigenvalue weighted by Crippen LogP contribution is 2.20. The molecule has 0 radical (unpaired) electrons.